The van der Waals surface area contributed by atoms with Crippen molar-refractivity contribution in [1.29, 1.82) is 0 Å². The molecule has 3 aromatic rings. The lowest BCUT2D eigenvalue weighted by Gasteiger charge is -2.11. The number of hydrogen-bond acceptors (Lipinski definition) is 4. The topological polar surface area (TPSA) is 38.3 Å². The van der Waals surface area contributed by atoms with E-state index in [1.54, 1.807) is 29.8 Å². The molecule has 2 aromatic heterocycles. The van der Waals surface area contributed by atoms with Crippen molar-refractivity contribution in [2.75, 3.05) is 13.7 Å². The molecule has 3 nitrogen and oxygen atoms in total. The molecule has 1 amide bonds. The summed E-state index contributed by atoms with van der Waals surface area (Å²) in [5, 5.41) is 4.18. The molecule has 20 heavy (non-hydrogen) atoms. The molecule has 0 saturated carbocycles. The molecule has 104 valence electrons. The highest BCUT2D eigenvalue weighted by Crippen LogP contribution is 2.39. The van der Waals surface area contributed by atoms with E-state index in [1.807, 2.05) is 25.1 Å². The maximum atomic E-state index is 12.2. The van der Waals surface area contributed by atoms with Crippen molar-refractivity contribution < 1.29 is 9.53 Å². The van der Waals surface area contributed by atoms with Crippen molar-refractivity contribution in [1.82, 2.24) is 5.32 Å². The lowest BCUT2D eigenvalue weighted by Crippen LogP contribution is -2.35. The molecule has 0 fully saturated rings. The Bertz CT molecular complexity index is 760. The largest absolute Gasteiger partial charge is 0.383 e. The van der Waals surface area contributed by atoms with Crippen LogP contribution in [0.4, 0.5) is 0 Å². The van der Waals surface area contributed by atoms with Gasteiger partial charge in [0.25, 0.3) is 5.91 Å². The molecule has 0 bridgehead atoms. The minimum Gasteiger partial charge on any atom is -0.383 e. The van der Waals surface area contributed by atoms with Gasteiger partial charge >= 0.3 is 0 Å². The molecular formula is C15H15NO2S2. The number of amides is 1. The zero-order chi connectivity index (χ0) is 14.1. The average molecular weight is 305 g/mol. The average Bonchev–Trinajstić information content (AvgIpc) is 2.96. The molecule has 1 aromatic carbocycles. The van der Waals surface area contributed by atoms with Crippen LogP contribution >= 0.6 is 22.7 Å². The molecule has 5 heteroatoms. The van der Waals surface area contributed by atoms with Crippen LogP contribution in [-0.2, 0) is 4.74 Å². The molecule has 0 aliphatic heterocycles. The van der Waals surface area contributed by atoms with Gasteiger partial charge in [-0.3, -0.25) is 4.79 Å². The number of thiophene rings is 2. The van der Waals surface area contributed by atoms with Crippen molar-refractivity contribution in [2.24, 2.45) is 0 Å². The SMILES string of the molecule is COCC(C)NC(=O)c1cc2sc3ccccc3c2s1. The summed E-state index contributed by atoms with van der Waals surface area (Å²) < 4.78 is 8.69. The lowest BCUT2D eigenvalue weighted by atomic mass is 10.2. The van der Waals surface area contributed by atoms with Crippen LogP contribution in [-0.4, -0.2) is 25.7 Å². The Balaban J connectivity index is 1.91. The smallest absolute Gasteiger partial charge is 0.261 e. The minimum absolute atomic E-state index is 0.0179. The number of carbonyl (C=O) groups excluding carboxylic acids is 1. The fourth-order valence-corrected chi connectivity index (χ4v) is 4.63. The quantitative estimate of drug-likeness (QED) is 0.794. The molecule has 0 aliphatic carbocycles. The standard InChI is InChI=1S/C15H15NO2S2/c1-9(8-18-2)16-15(17)13-7-12-14(20-13)10-5-3-4-6-11(10)19-12/h3-7,9H,8H2,1-2H3,(H,16,17). The first-order valence-electron chi connectivity index (χ1n) is 6.40. The van der Waals surface area contributed by atoms with Crippen LogP contribution in [0.1, 0.15) is 16.6 Å². The molecule has 0 aliphatic rings. The van der Waals surface area contributed by atoms with Crippen molar-refractivity contribution in [3.63, 3.8) is 0 Å². The van der Waals surface area contributed by atoms with E-state index in [0.29, 0.717) is 6.61 Å². The van der Waals surface area contributed by atoms with Gasteiger partial charge in [-0.05, 0) is 19.1 Å². The first-order chi connectivity index (χ1) is 9.69. The predicted molar refractivity (Wildman–Crippen MR) is 86.0 cm³/mol. The number of rotatable bonds is 4. The number of benzene rings is 1. The van der Waals surface area contributed by atoms with E-state index in [1.165, 1.54) is 19.5 Å². The monoisotopic (exact) mass is 305 g/mol. The molecule has 3 rings (SSSR count). The van der Waals surface area contributed by atoms with Gasteiger partial charge in [-0.2, -0.15) is 0 Å². The Hall–Kier alpha value is -1.43. The van der Waals surface area contributed by atoms with E-state index in [-0.39, 0.29) is 11.9 Å². The van der Waals surface area contributed by atoms with Gasteiger partial charge in [0.2, 0.25) is 0 Å². The molecule has 1 N–H and O–H groups in total. The summed E-state index contributed by atoms with van der Waals surface area (Å²) in [6.07, 6.45) is 0. The number of carbonyl (C=O) groups is 1. The van der Waals surface area contributed by atoms with E-state index < -0.39 is 0 Å². The van der Waals surface area contributed by atoms with Crippen molar-refractivity contribution in [2.45, 2.75) is 13.0 Å². The van der Waals surface area contributed by atoms with Gasteiger partial charge in [-0.15, -0.1) is 22.7 Å². The Kier molecular flexibility index (Phi) is 3.74. The second-order valence-corrected chi connectivity index (χ2v) is 6.87. The highest BCUT2D eigenvalue weighted by atomic mass is 32.1. The molecule has 0 spiro atoms. The number of ether oxygens (including phenoxy) is 1. The van der Waals surface area contributed by atoms with E-state index in [9.17, 15) is 4.79 Å². The predicted octanol–water partition coefficient (Wildman–Crippen LogP) is 3.88. The Labute approximate surface area is 125 Å². The van der Waals surface area contributed by atoms with E-state index in [4.69, 9.17) is 4.74 Å². The van der Waals surface area contributed by atoms with Crippen molar-refractivity contribution >= 4 is 48.1 Å². The summed E-state index contributed by atoms with van der Waals surface area (Å²) >= 11 is 3.29. The zero-order valence-corrected chi connectivity index (χ0v) is 12.9. The van der Waals surface area contributed by atoms with Crippen LogP contribution in [0.3, 0.4) is 0 Å². The van der Waals surface area contributed by atoms with Crippen LogP contribution < -0.4 is 5.32 Å². The molecule has 1 unspecified atom stereocenters. The Morgan fingerprint density at radius 3 is 2.90 bits per heavy atom. The third-order valence-corrected chi connectivity index (χ3v) is 5.48. The fraction of sp³-hybridized carbons (Fsp3) is 0.267. The normalized spacial score (nSPS) is 12.9. The lowest BCUT2D eigenvalue weighted by molar-refractivity contribution is 0.0909. The second kappa shape index (κ2) is 5.52. The highest BCUT2D eigenvalue weighted by molar-refractivity contribution is 7.33. The Morgan fingerprint density at radius 1 is 1.30 bits per heavy atom. The van der Waals surface area contributed by atoms with Gasteiger partial charge in [-0.1, -0.05) is 18.2 Å². The van der Waals surface area contributed by atoms with E-state index in [2.05, 4.69) is 17.4 Å². The van der Waals surface area contributed by atoms with Crippen LogP contribution in [0.2, 0.25) is 0 Å². The van der Waals surface area contributed by atoms with Crippen LogP contribution in [0.15, 0.2) is 30.3 Å². The number of nitrogens with one attached hydrogen (secondary N) is 1. The molecule has 0 saturated heterocycles. The highest BCUT2D eigenvalue weighted by Gasteiger charge is 2.15. The van der Waals surface area contributed by atoms with Crippen molar-refractivity contribution in [3.8, 4) is 0 Å². The summed E-state index contributed by atoms with van der Waals surface area (Å²) in [5.41, 5.74) is 0. The second-order valence-electron chi connectivity index (χ2n) is 4.73. The van der Waals surface area contributed by atoms with Crippen molar-refractivity contribution in [3.05, 3.63) is 35.2 Å². The maximum Gasteiger partial charge on any atom is 0.261 e. The maximum absolute atomic E-state index is 12.2. The molecular weight excluding hydrogens is 290 g/mol. The first kappa shape index (κ1) is 13.5. The van der Waals surface area contributed by atoms with Gasteiger partial charge in [0, 0.05) is 27.9 Å². The van der Waals surface area contributed by atoms with Crippen LogP contribution in [0.25, 0.3) is 19.5 Å². The first-order valence-corrected chi connectivity index (χ1v) is 8.03. The summed E-state index contributed by atoms with van der Waals surface area (Å²) in [6.45, 7) is 2.46. The van der Waals surface area contributed by atoms with Crippen LogP contribution in [0, 0.1) is 0 Å². The summed E-state index contributed by atoms with van der Waals surface area (Å²) in [5.74, 6) is -0.0213. The summed E-state index contributed by atoms with van der Waals surface area (Å²) in [7, 11) is 1.63. The van der Waals surface area contributed by atoms with Gasteiger partial charge < -0.3 is 10.1 Å². The van der Waals surface area contributed by atoms with Gasteiger partial charge in [0.1, 0.15) is 0 Å². The molecule has 2 heterocycles. The van der Waals surface area contributed by atoms with Gasteiger partial charge in [0.15, 0.2) is 0 Å². The third-order valence-electron chi connectivity index (χ3n) is 3.07. The molecule has 0 radical (unpaired) electrons. The summed E-state index contributed by atoms with van der Waals surface area (Å²) in [6, 6.07) is 10.3. The van der Waals surface area contributed by atoms with Crippen LogP contribution in [0.5, 0.6) is 0 Å². The Morgan fingerprint density at radius 2 is 2.10 bits per heavy atom. The minimum atomic E-state index is -0.0213. The van der Waals surface area contributed by atoms with E-state index in [0.717, 1.165) is 4.88 Å². The molecule has 1 atom stereocenters. The van der Waals surface area contributed by atoms with E-state index >= 15 is 0 Å². The number of hydrogen-bond donors (Lipinski definition) is 1. The fourth-order valence-electron chi connectivity index (χ4n) is 2.20. The summed E-state index contributed by atoms with van der Waals surface area (Å²) in [4.78, 5) is 12.9. The third kappa shape index (κ3) is 2.44. The number of methoxy groups -OCH3 is 1. The van der Waals surface area contributed by atoms with Gasteiger partial charge in [0.05, 0.1) is 16.2 Å². The zero-order valence-electron chi connectivity index (χ0n) is 11.3. The number of fused-ring (bicyclic) bond motifs is 3. The van der Waals surface area contributed by atoms with Gasteiger partial charge in [-0.25, -0.2) is 0 Å².